The molecule has 2 nitrogen and oxygen atoms in total. The van der Waals surface area contributed by atoms with Crippen molar-refractivity contribution in [3.05, 3.63) is 35.7 Å². The van der Waals surface area contributed by atoms with Crippen LogP contribution in [0.3, 0.4) is 0 Å². The minimum atomic E-state index is 0.744. The highest BCUT2D eigenvalue weighted by Gasteiger charge is 2.27. The van der Waals surface area contributed by atoms with Gasteiger partial charge in [0, 0.05) is 18.4 Å². The van der Waals surface area contributed by atoms with Crippen LogP contribution in [0, 0.1) is 18.8 Å². The number of pyridine rings is 1. The zero-order valence-electron chi connectivity index (χ0n) is 10.4. The quantitative estimate of drug-likeness (QED) is 0.799. The molecule has 1 aliphatic heterocycles. The standard InChI is InChI=1S/C15H20N2/c1-11-2-3-14(10-17-11)13-5-4-12-6-7-16-9-15(12)8-13/h2-3,8,10,12,15-16H,4-7,9H2,1H3. The van der Waals surface area contributed by atoms with E-state index in [2.05, 4.69) is 28.5 Å². The van der Waals surface area contributed by atoms with Crippen molar-refractivity contribution in [3.63, 3.8) is 0 Å². The summed E-state index contributed by atoms with van der Waals surface area (Å²) in [6.45, 7) is 4.41. The van der Waals surface area contributed by atoms with E-state index in [9.17, 15) is 0 Å². The lowest BCUT2D eigenvalue weighted by Crippen LogP contribution is -2.37. The molecule has 0 saturated carbocycles. The molecule has 2 atom stereocenters. The molecule has 2 aliphatic rings. The molecule has 2 heteroatoms. The Hall–Kier alpha value is -1.15. The van der Waals surface area contributed by atoms with Gasteiger partial charge in [0.2, 0.25) is 0 Å². The Morgan fingerprint density at radius 3 is 3.06 bits per heavy atom. The van der Waals surface area contributed by atoms with Crippen LogP contribution in [0.2, 0.25) is 0 Å². The largest absolute Gasteiger partial charge is 0.316 e. The zero-order valence-corrected chi connectivity index (χ0v) is 10.4. The van der Waals surface area contributed by atoms with Crippen LogP contribution < -0.4 is 5.32 Å². The molecule has 0 radical (unpaired) electrons. The first-order valence-corrected chi connectivity index (χ1v) is 6.67. The van der Waals surface area contributed by atoms with Gasteiger partial charge in [0.25, 0.3) is 0 Å². The van der Waals surface area contributed by atoms with Gasteiger partial charge in [0.15, 0.2) is 0 Å². The third-order valence-corrected chi connectivity index (χ3v) is 4.16. The summed E-state index contributed by atoms with van der Waals surface area (Å²) in [6, 6.07) is 4.33. The van der Waals surface area contributed by atoms with Crippen molar-refractivity contribution in [2.24, 2.45) is 11.8 Å². The van der Waals surface area contributed by atoms with Crippen LogP contribution in [0.25, 0.3) is 5.57 Å². The molecule has 0 amide bonds. The van der Waals surface area contributed by atoms with E-state index in [1.54, 1.807) is 0 Å². The number of nitrogens with zero attached hydrogens (tertiary/aromatic N) is 1. The molecule has 0 aromatic carbocycles. The lowest BCUT2D eigenvalue weighted by atomic mass is 9.76. The summed E-state index contributed by atoms with van der Waals surface area (Å²) in [5.41, 5.74) is 3.92. The summed E-state index contributed by atoms with van der Waals surface area (Å²) >= 11 is 0. The minimum absolute atomic E-state index is 0.744. The maximum atomic E-state index is 4.40. The van der Waals surface area contributed by atoms with E-state index < -0.39 is 0 Å². The van der Waals surface area contributed by atoms with Crippen LogP contribution in [0.1, 0.15) is 30.5 Å². The van der Waals surface area contributed by atoms with Crippen LogP contribution in [-0.4, -0.2) is 18.1 Å². The number of hydrogen-bond acceptors (Lipinski definition) is 2. The van der Waals surface area contributed by atoms with Crippen LogP contribution in [-0.2, 0) is 0 Å². The second-order valence-corrected chi connectivity index (χ2v) is 5.34. The molecule has 0 bridgehead atoms. The molecule has 0 spiro atoms. The Balaban J connectivity index is 1.84. The molecule has 2 heterocycles. The summed E-state index contributed by atoms with van der Waals surface area (Å²) in [5, 5.41) is 3.50. The number of hydrogen-bond donors (Lipinski definition) is 1. The maximum Gasteiger partial charge on any atom is 0.0373 e. The van der Waals surface area contributed by atoms with Gasteiger partial charge in [-0.15, -0.1) is 0 Å². The number of rotatable bonds is 1. The topological polar surface area (TPSA) is 24.9 Å². The molecule has 17 heavy (non-hydrogen) atoms. The number of piperidine rings is 1. The second kappa shape index (κ2) is 4.61. The number of aromatic nitrogens is 1. The van der Waals surface area contributed by atoms with E-state index in [-0.39, 0.29) is 0 Å². The Morgan fingerprint density at radius 2 is 2.24 bits per heavy atom. The van der Waals surface area contributed by atoms with Crippen molar-refractivity contribution in [2.45, 2.75) is 26.2 Å². The van der Waals surface area contributed by atoms with Crippen LogP contribution in [0.15, 0.2) is 24.4 Å². The molecular weight excluding hydrogens is 208 g/mol. The number of nitrogens with one attached hydrogen (secondary N) is 1. The highest BCUT2D eigenvalue weighted by molar-refractivity contribution is 5.66. The molecule has 1 aromatic heterocycles. The fourth-order valence-corrected chi connectivity index (χ4v) is 3.07. The van der Waals surface area contributed by atoms with Gasteiger partial charge in [0.1, 0.15) is 0 Å². The number of aryl methyl sites for hydroxylation is 1. The molecule has 1 fully saturated rings. The molecule has 90 valence electrons. The number of allylic oxidation sites excluding steroid dienone is 1. The molecule has 2 unspecified atom stereocenters. The van der Waals surface area contributed by atoms with Gasteiger partial charge in [0.05, 0.1) is 0 Å². The molecular formula is C15H20N2. The van der Waals surface area contributed by atoms with Crippen molar-refractivity contribution in [3.8, 4) is 0 Å². The SMILES string of the molecule is Cc1ccc(C2=CC3CNCCC3CC2)cn1. The predicted octanol–water partition coefficient (Wildman–Crippen LogP) is 2.79. The van der Waals surface area contributed by atoms with Crippen LogP contribution in [0.5, 0.6) is 0 Å². The summed E-state index contributed by atoms with van der Waals surface area (Å²) < 4.78 is 0. The highest BCUT2D eigenvalue weighted by Crippen LogP contribution is 2.36. The van der Waals surface area contributed by atoms with E-state index in [1.165, 1.54) is 36.9 Å². The van der Waals surface area contributed by atoms with Gasteiger partial charge in [-0.05, 0) is 61.8 Å². The van der Waals surface area contributed by atoms with Crippen LogP contribution in [0.4, 0.5) is 0 Å². The van der Waals surface area contributed by atoms with Gasteiger partial charge < -0.3 is 5.32 Å². The van der Waals surface area contributed by atoms with E-state index in [4.69, 9.17) is 0 Å². The van der Waals surface area contributed by atoms with E-state index >= 15 is 0 Å². The third kappa shape index (κ3) is 2.27. The Labute approximate surface area is 103 Å². The predicted molar refractivity (Wildman–Crippen MR) is 70.7 cm³/mol. The average Bonchev–Trinajstić information content (AvgIpc) is 2.39. The van der Waals surface area contributed by atoms with Crippen molar-refractivity contribution < 1.29 is 0 Å². The Kier molecular flexibility index (Phi) is 2.98. The summed E-state index contributed by atoms with van der Waals surface area (Å²) in [4.78, 5) is 4.40. The summed E-state index contributed by atoms with van der Waals surface area (Å²) in [6.07, 6.45) is 8.45. The monoisotopic (exact) mass is 228 g/mol. The van der Waals surface area contributed by atoms with Gasteiger partial charge in [-0.1, -0.05) is 12.1 Å². The average molecular weight is 228 g/mol. The Morgan fingerprint density at radius 1 is 1.29 bits per heavy atom. The molecule has 1 N–H and O–H groups in total. The lowest BCUT2D eigenvalue weighted by Gasteiger charge is -2.34. The fraction of sp³-hybridized carbons (Fsp3) is 0.533. The van der Waals surface area contributed by atoms with Gasteiger partial charge in [-0.25, -0.2) is 0 Å². The van der Waals surface area contributed by atoms with Crippen molar-refractivity contribution in [2.75, 3.05) is 13.1 Å². The zero-order chi connectivity index (χ0) is 11.7. The first-order chi connectivity index (χ1) is 8.33. The Bertz CT molecular complexity index is 419. The highest BCUT2D eigenvalue weighted by atomic mass is 14.9. The van der Waals surface area contributed by atoms with Gasteiger partial charge in [-0.3, -0.25) is 4.98 Å². The normalized spacial score (nSPS) is 28.4. The smallest absolute Gasteiger partial charge is 0.0373 e. The minimum Gasteiger partial charge on any atom is -0.316 e. The van der Waals surface area contributed by atoms with Crippen LogP contribution >= 0.6 is 0 Å². The van der Waals surface area contributed by atoms with E-state index in [1.807, 2.05) is 13.1 Å². The maximum absolute atomic E-state index is 4.40. The van der Waals surface area contributed by atoms with E-state index in [0.29, 0.717) is 0 Å². The summed E-state index contributed by atoms with van der Waals surface area (Å²) in [5.74, 6) is 1.66. The number of fused-ring (bicyclic) bond motifs is 1. The molecule has 1 aliphatic carbocycles. The van der Waals surface area contributed by atoms with Crippen molar-refractivity contribution in [1.82, 2.24) is 10.3 Å². The summed E-state index contributed by atoms with van der Waals surface area (Å²) in [7, 11) is 0. The third-order valence-electron chi connectivity index (χ3n) is 4.16. The molecule has 1 saturated heterocycles. The van der Waals surface area contributed by atoms with Crippen molar-refractivity contribution in [1.29, 1.82) is 0 Å². The molecule has 3 rings (SSSR count). The van der Waals surface area contributed by atoms with Crippen molar-refractivity contribution >= 4 is 5.57 Å². The van der Waals surface area contributed by atoms with E-state index in [0.717, 1.165) is 24.1 Å². The van der Waals surface area contributed by atoms with Gasteiger partial charge >= 0.3 is 0 Å². The fourth-order valence-electron chi connectivity index (χ4n) is 3.07. The lowest BCUT2D eigenvalue weighted by molar-refractivity contribution is 0.279. The van der Waals surface area contributed by atoms with Gasteiger partial charge in [-0.2, -0.15) is 0 Å². The first kappa shape index (κ1) is 11.0. The second-order valence-electron chi connectivity index (χ2n) is 5.34. The molecule has 1 aromatic rings. The first-order valence-electron chi connectivity index (χ1n) is 6.67.